The van der Waals surface area contributed by atoms with E-state index in [-0.39, 0.29) is 0 Å². The highest BCUT2D eigenvalue weighted by Crippen LogP contribution is 2.26. The van der Waals surface area contributed by atoms with Gasteiger partial charge in [-0.25, -0.2) is 4.98 Å². The fourth-order valence-corrected chi connectivity index (χ4v) is 1.37. The van der Waals surface area contributed by atoms with E-state index in [2.05, 4.69) is 16.9 Å². The van der Waals surface area contributed by atoms with Crippen molar-refractivity contribution >= 4 is 11.5 Å². The molecule has 5 nitrogen and oxygen atoms in total. The Bertz CT molecular complexity index is 316. The Hall–Kier alpha value is -1.52. The summed E-state index contributed by atoms with van der Waals surface area (Å²) < 4.78 is 5.30. The first kappa shape index (κ1) is 11.6. The zero-order valence-corrected chi connectivity index (χ0v) is 9.53. The predicted molar refractivity (Wildman–Crippen MR) is 61.2 cm³/mol. The largest absolute Gasteiger partial charge is 0.476 e. The van der Waals surface area contributed by atoms with Gasteiger partial charge in [0.25, 0.3) is 0 Å². The van der Waals surface area contributed by atoms with E-state index < -0.39 is 0 Å². The van der Waals surface area contributed by atoms with Gasteiger partial charge in [0, 0.05) is 13.6 Å². The topological polar surface area (TPSA) is 64.3 Å². The maximum absolute atomic E-state index is 5.91. The number of ether oxygens (including phenoxy) is 1. The summed E-state index contributed by atoms with van der Waals surface area (Å²) in [6.07, 6.45) is 2.52. The fraction of sp³-hybridized carbons (Fsp3) is 0.600. The normalized spacial score (nSPS) is 10.1. The highest BCUT2D eigenvalue weighted by molar-refractivity contribution is 5.67. The summed E-state index contributed by atoms with van der Waals surface area (Å²) in [7, 11) is 1.96. The van der Waals surface area contributed by atoms with Gasteiger partial charge in [0.2, 0.25) is 5.88 Å². The molecule has 0 aliphatic heterocycles. The molecule has 0 atom stereocenters. The number of nitrogens with two attached hydrogens (primary N) is 1. The van der Waals surface area contributed by atoms with Crippen molar-refractivity contribution < 1.29 is 4.74 Å². The Morgan fingerprint density at radius 1 is 1.40 bits per heavy atom. The first-order chi connectivity index (χ1) is 7.20. The lowest BCUT2D eigenvalue weighted by atomic mass is 10.4. The van der Waals surface area contributed by atoms with Gasteiger partial charge in [-0.15, -0.1) is 0 Å². The third kappa shape index (κ3) is 2.71. The molecule has 84 valence electrons. The van der Waals surface area contributed by atoms with Crippen LogP contribution in [0, 0.1) is 0 Å². The minimum atomic E-state index is 0.463. The zero-order valence-electron chi connectivity index (χ0n) is 9.53. The molecule has 0 unspecified atom stereocenters. The number of anilines is 2. The lowest BCUT2D eigenvalue weighted by Gasteiger charge is -2.19. The second-order valence-electron chi connectivity index (χ2n) is 3.27. The van der Waals surface area contributed by atoms with Crippen LogP contribution in [0.2, 0.25) is 0 Å². The average molecular weight is 210 g/mol. The van der Waals surface area contributed by atoms with Crippen LogP contribution >= 0.6 is 0 Å². The van der Waals surface area contributed by atoms with Gasteiger partial charge >= 0.3 is 0 Å². The molecule has 2 N–H and O–H groups in total. The summed E-state index contributed by atoms with van der Waals surface area (Å²) in [4.78, 5) is 10.1. The van der Waals surface area contributed by atoms with E-state index in [1.54, 1.807) is 0 Å². The number of rotatable bonds is 5. The van der Waals surface area contributed by atoms with Gasteiger partial charge in [0.15, 0.2) is 5.82 Å². The smallest absolute Gasteiger partial charge is 0.242 e. The van der Waals surface area contributed by atoms with Crippen LogP contribution in [-0.4, -0.2) is 30.2 Å². The number of nitrogen functional groups attached to an aromatic ring is 1. The molecule has 0 saturated heterocycles. The molecule has 1 heterocycles. The van der Waals surface area contributed by atoms with Gasteiger partial charge in [0.05, 0.1) is 6.61 Å². The highest BCUT2D eigenvalue weighted by atomic mass is 16.5. The SMILES string of the molecule is CCCN(C)c1ncnc(OCC)c1N. The van der Waals surface area contributed by atoms with E-state index in [0.29, 0.717) is 18.2 Å². The number of aromatic nitrogens is 2. The number of nitrogens with zero attached hydrogens (tertiary/aromatic N) is 3. The van der Waals surface area contributed by atoms with Crippen molar-refractivity contribution in [1.29, 1.82) is 0 Å². The first-order valence-electron chi connectivity index (χ1n) is 5.15. The van der Waals surface area contributed by atoms with Crippen LogP contribution in [0.15, 0.2) is 6.33 Å². The van der Waals surface area contributed by atoms with Gasteiger partial charge in [-0.2, -0.15) is 4.98 Å². The van der Waals surface area contributed by atoms with Gasteiger partial charge in [-0.05, 0) is 13.3 Å². The lowest BCUT2D eigenvalue weighted by Crippen LogP contribution is -2.21. The fourth-order valence-electron chi connectivity index (χ4n) is 1.37. The molecule has 0 fully saturated rings. The molecule has 0 saturated carbocycles. The van der Waals surface area contributed by atoms with Crippen molar-refractivity contribution in [3.05, 3.63) is 6.33 Å². The summed E-state index contributed by atoms with van der Waals surface area (Å²) in [5.41, 5.74) is 6.42. The van der Waals surface area contributed by atoms with Gasteiger partial charge in [-0.1, -0.05) is 6.92 Å². The molecule has 0 radical (unpaired) electrons. The van der Waals surface area contributed by atoms with Crippen molar-refractivity contribution in [3.63, 3.8) is 0 Å². The van der Waals surface area contributed by atoms with Crippen molar-refractivity contribution in [2.45, 2.75) is 20.3 Å². The second-order valence-corrected chi connectivity index (χ2v) is 3.27. The molecule has 0 spiro atoms. The molecule has 0 amide bonds. The van der Waals surface area contributed by atoms with Gasteiger partial charge in [0.1, 0.15) is 12.0 Å². The molecule has 0 aliphatic rings. The molecule has 1 aromatic rings. The van der Waals surface area contributed by atoms with Crippen LogP contribution < -0.4 is 15.4 Å². The van der Waals surface area contributed by atoms with E-state index >= 15 is 0 Å². The summed E-state index contributed by atoms with van der Waals surface area (Å²) in [5.74, 6) is 1.20. The molecule has 0 bridgehead atoms. The van der Waals surface area contributed by atoms with Crippen LogP contribution in [-0.2, 0) is 0 Å². The number of hydrogen-bond donors (Lipinski definition) is 1. The minimum Gasteiger partial charge on any atom is -0.476 e. The Kier molecular flexibility index (Phi) is 4.15. The Morgan fingerprint density at radius 3 is 2.73 bits per heavy atom. The van der Waals surface area contributed by atoms with Crippen LogP contribution in [0.1, 0.15) is 20.3 Å². The minimum absolute atomic E-state index is 0.463. The molecule has 0 aliphatic carbocycles. The van der Waals surface area contributed by atoms with E-state index in [9.17, 15) is 0 Å². The Labute approximate surface area is 90.3 Å². The molecule has 5 heteroatoms. The van der Waals surface area contributed by atoms with Crippen molar-refractivity contribution in [2.24, 2.45) is 0 Å². The average Bonchev–Trinajstić information content (AvgIpc) is 2.22. The number of hydrogen-bond acceptors (Lipinski definition) is 5. The Balaban J connectivity index is 2.92. The highest BCUT2D eigenvalue weighted by Gasteiger charge is 2.11. The molecule has 1 aromatic heterocycles. The predicted octanol–water partition coefficient (Wildman–Crippen LogP) is 1.30. The summed E-state index contributed by atoms with van der Waals surface area (Å²) in [5, 5.41) is 0. The van der Waals surface area contributed by atoms with Gasteiger partial charge in [-0.3, -0.25) is 0 Å². The van der Waals surface area contributed by atoms with E-state index in [4.69, 9.17) is 10.5 Å². The standard InChI is InChI=1S/C10H18N4O/c1-4-6-14(3)9-8(11)10(15-5-2)13-7-12-9/h7H,4-6,11H2,1-3H3. The van der Waals surface area contributed by atoms with E-state index in [1.807, 2.05) is 18.9 Å². The summed E-state index contributed by atoms with van der Waals surface area (Å²) in [6.45, 7) is 5.47. The monoisotopic (exact) mass is 210 g/mol. The molecule has 1 rings (SSSR count). The molecular weight excluding hydrogens is 192 g/mol. The zero-order chi connectivity index (χ0) is 11.3. The third-order valence-electron chi connectivity index (χ3n) is 2.03. The summed E-state index contributed by atoms with van der Waals surface area (Å²) >= 11 is 0. The van der Waals surface area contributed by atoms with Crippen LogP contribution in [0.25, 0.3) is 0 Å². The van der Waals surface area contributed by atoms with E-state index in [1.165, 1.54) is 6.33 Å². The second kappa shape index (κ2) is 5.38. The lowest BCUT2D eigenvalue weighted by molar-refractivity contribution is 0.328. The van der Waals surface area contributed by atoms with Crippen LogP contribution in [0.4, 0.5) is 11.5 Å². The first-order valence-corrected chi connectivity index (χ1v) is 5.15. The molecular formula is C10H18N4O. The van der Waals surface area contributed by atoms with E-state index in [0.717, 1.165) is 18.8 Å². The van der Waals surface area contributed by atoms with Crippen molar-refractivity contribution in [3.8, 4) is 5.88 Å². The van der Waals surface area contributed by atoms with Crippen LogP contribution in [0.5, 0.6) is 5.88 Å². The molecule has 15 heavy (non-hydrogen) atoms. The summed E-state index contributed by atoms with van der Waals surface area (Å²) in [6, 6.07) is 0. The maximum Gasteiger partial charge on any atom is 0.242 e. The van der Waals surface area contributed by atoms with Gasteiger partial charge < -0.3 is 15.4 Å². The third-order valence-corrected chi connectivity index (χ3v) is 2.03. The molecule has 0 aromatic carbocycles. The maximum atomic E-state index is 5.91. The van der Waals surface area contributed by atoms with Crippen molar-refractivity contribution in [1.82, 2.24) is 9.97 Å². The quantitative estimate of drug-likeness (QED) is 0.793. The van der Waals surface area contributed by atoms with Crippen molar-refractivity contribution in [2.75, 3.05) is 30.8 Å². The Morgan fingerprint density at radius 2 is 2.13 bits per heavy atom. The van der Waals surface area contributed by atoms with Crippen LogP contribution in [0.3, 0.4) is 0 Å².